The van der Waals surface area contributed by atoms with Crippen LogP contribution < -0.4 is 10.6 Å². The molecule has 5 heteroatoms. The van der Waals surface area contributed by atoms with Crippen molar-refractivity contribution in [3.8, 4) is 0 Å². The van der Waals surface area contributed by atoms with Gasteiger partial charge in [0.15, 0.2) is 0 Å². The summed E-state index contributed by atoms with van der Waals surface area (Å²) in [5.41, 5.74) is 3.18. The Kier molecular flexibility index (Phi) is 5.29. The minimum atomic E-state index is -0.501. The van der Waals surface area contributed by atoms with Crippen molar-refractivity contribution >= 4 is 33.9 Å². The Morgan fingerprint density at radius 1 is 1.07 bits per heavy atom. The molecule has 0 bridgehead atoms. The number of aliphatic hydroxyl groups is 1. The van der Waals surface area contributed by atoms with Gasteiger partial charge in [-0.05, 0) is 47.6 Å². The smallest absolute Gasteiger partial charge is 0.245 e. The Morgan fingerprint density at radius 3 is 2.61 bits per heavy atom. The molecule has 1 amide bonds. The maximum absolute atomic E-state index is 11.4. The summed E-state index contributed by atoms with van der Waals surface area (Å²) < 4.78 is 0. The molecule has 144 valence electrons. The number of carbonyl (C=O) groups excluding carboxylic acids is 1. The predicted octanol–water partition coefficient (Wildman–Crippen LogP) is 3.50. The molecule has 0 heterocycles. The summed E-state index contributed by atoms with van der Waals surface area (Å²) in [6.45, 7) is -0.118. The van der Waals surface area contributed by atoms with Gasteiger partial charge in [-0.1, -0.05) is 66.8 Å². The fraction of sp³-hybridized carbons (Fsp3) is 0.304. The zero-order chi connectivity index (χ0) is 19.6. The van der Waals surface area contributed by atoms with Crippen molar-refractivity contribution in [3.05, 3.63) is 71.3 Å². The minimum absolute atomic E-state index is 0.115. The molecule has 2 aromatic carbocycles. The van der Waals surface area contributed by atoms with Gasteiger partial charge >= 0.3 is 0 Å². The molecule has 0 aliphatic heterocycles. The lowest BCUT2D eigenvalue weighted by Gasteiger charge is -2.25. The van der Waals surface area contributed by atoms with Gasteiger partial charge < -0.3 is 15.7 Å². The highest BCUT2D eigenvalue weighted by molar-refractivity contribution is 7.80. The van der Waals surface area contributed by atoms with Gasteiger partial charge in [-0.2, -0.15) is 0 Å². The Bertz CT molecular complexity index is 984. The van der Waals surface area contributed by atoms with Crippen molar-refractivity contribution < 1.29 is 9.90 Å². The third kappa shape index (κ3) is 3.73. The maximum Gasteiger partial charge on any atom is 0.245 e. The molecule has 0 aromatic heterocycles. The molecule has 28 heavy (non-hydrogen) atoms. The molecule has 0 atom stereocenters. The van der Waals surface area contributed by atoms with Crippen molar-refractivity contribution in [2.75, 3.05) is 13.2 Å². The number of nitrogens with one attached hydrogen (secondary N) is 2. The first-order valence-electron chi connectivity index (χ1n) is 9.71. The van der Waals surface area contributed by atoms with Crippen LogP contribution in [0.5, 0.6) is 0 Å². The molecule has 2 aliphatic carbocycles. The summed E-state index contributed by atoms with van der Waals surface area (Å²) in [7, 11) is 0. The second-order valence-corrected chi connectivity index (χ2v) is 7.83. The Labute approximate surface area is 170 Å². The van der Waals surface area contributed by atoms with Gasteiger partial charge in [0.1, 0.15) is 11.6 Å². The van der Waals surface area contributed by atoms with Gasteiger partial charge in [0.25, 0.3) is 0 Å². The van der Waals surface area contributed by atoms with Crippen molar-refractivity contribution in [3.63, 3.8) is 0 Å². The zero-order valence-electron chi connectivity index (χ0n) is 15.7. The number of carbonyl (C=O) groups is 1. The van der Waals surface area contributed by atoms with Crippen LogP contribution in [0.3, 0.4) is 0 Å². The number of amides is 1. The van der Waals surface area contributed by atoms with Crippen LogP contribution in [0.15, 0.2) is 65.8 Å². The van der Waals surface area contributed by atoms with E-state index in [2.05, 4.69) is 65.3 Å². The third-order valence-corrected chi connectivity index (χ3v) is 5.85. The predicted molar refractivity (Wildman–Crippen MR) is 116 cm³/mol. The fourth-order valence-corrected chi connectivity index (χ4v) is 4.31. The van der Waals surface area contributed by atoms with E-state index in [0.717, 1.165) is 41.8 Å². The van der Waals surface area contributed by atoms with Gasteiger partial charge in [-0.25, -0.2) is 0 Å². The molecule has 0 saturated heterocycles. The average molecular weight is 393 g/mol. The first kappa shape index (κ1) is 18.8. The molecule has 3 N–H and O–H groups in total. The first-order valence-corrected chi connectivity index (χ1v) is 10.1. The van der Waals surface area contributed by atoms with Crippen LogP contribution in [0.25, 0.3) is 10.8 Å². The van der Waals surface area contributed by atoms with Crippen LogP contribution in [0.2, 0.25) is 0 Å². The van der Waals surface area contributed by atoms with Gasteiger partial charge in [0.2, 0.25) is 5.91 Å². The first-order chi connectivity index (χ1) is 13.6. The molecule has 4 rings (SSSR count). The average Bonchev–Trinajstić information content (AvgIpc) is 3.52. The Morgan fingerprint density at radius 2 is 1.82 bits per heavy atom. The summed E-state index contributed by atoms with van der Waals surface area (Å²) in [6, 6.07) is 14.9. The van der Waals surface area contributed by atoms with Crippen molar-refractivity contribution in [2.45, 2.75) is 31.2 Å². The third-order valence-electron chi connectivity index (χ3n) is 5.52. The van der Waals surface area contributed by atoms with Crippen LogP contribution in [0, 0.1) is 0 Å². The van der Waals surface area contributed by atoms with E-state index in [1.165, 1.54) is 16.3 Å². The van der Waals surface area contributed by atoms with Gasteiger partial charge in [-0.15, -0.1) is 0 Å². The molecular formula is C23H24N2O2S. The summed E-state index contributed by atoms with van der Waals surface area (Å²) >= 11 is 5.79. The molecule has 1 fully saturated rings. The molecule has 0 spiro atoms. The lowest BCUT2D eigenvalue weighted by molar-refractivity contribution is -0.123. The number of allylic oxidation sites excluding steroid dienone is 2. The Balaban J connectivity index is 1.55. The van der Waals surface area contributed by atoms with Crippen molar-refractivity contribution in [1.29, 1.82) is 0 Å². The molecule has 4 nitrogen and oxygen atoms in total. The summed E-state index contributed by atoms with van der Waals surface area (Å²) in [5, 5.41) is 17.8. The minimum Gasteiger partial charge on any atom is -0.387 e. The second kappa shape index (κ2) is 7.86. The van der Waals surface area contributed by atoms with Crippen LogP contribution in [0.4, 0.5) is 0 Å². The number of rotatable bonds is 6. The topological polar surface area (TPSA) is 61.4 Å². The van der Waals surface area contributed by atoms with Crippen LogP contribution in [0.1, 0.15) is 31.2 Å². The molecule has 2 aromatic rings. The monoisotopic (exact) mass is 392 g/mol. The van der Waals surface area contributed by atoms with E-state index in [1.807, 2.05) is 0 Å². The molecule has 1 saturated carbocycles. The highest BCUT2D eigenvalue weighted by Gasteiger charge is 2.46. The van der Waals surface area contributed by atoms with E-state index >= 15 is 0 Å². The van der Waals surface area contributed by atoms with E-state index in [-0.39, 0.29) is 11.4 Å². The van der Waals surface area contributed by atoms with E-state index in [0.29, 0.717) is 6.54 Å². The van der Waals surface area contributed by atoms with E-state index in [9.17, 15) is 4.79 Å². The molecule has 0 radical (unpaired) electrons. The molecule has 0 unspecified atom stereocenters. The number of thiocarbonyl (C=S) groups is 1. The van der Waals surface area contributed by atoms with Crippen molar-refractivity contribution in [2.24, 2.45) is 0 Å². The maximum atomic E-state index is 11.4. The van der Waals surface area contributed by atoms with Crippen LogP contribution in [-0.2, 0) is 10.3 Å². The summed E-state index contributed by atoms with van der Waals surface area (Å²) in [6.07, 6.45) is 8.25. The number of hydrogen-bond acceptors (Lipinski definition) is 3. The van der Waals surface area contributed by atoms with E-state index in [1.54, 1.807) is 0 Å². The summed E-state index contributed by atoms with van der Waals surface area (Å²) in [4.78, 5) is 12.2. The van der Waals surface area contributed by atoms with Gasteiger partial charge in [0.05, 0.1) is 5.54 Å². The van der Waals surface area contributed by atoms with Gasteiger partial charge in [0, 0.05) is 12.1 Å². The SMILES string of the molecule is O=C(CO)NCC1=CCCC=C1C(=S)NC1(c2cccc3ccccc23)CC1. The normalized spacial score (nSPS) is 17.5. The fourth-order valence-electron chi connectivity index (χ4n) is 3.90. The zero-order valence-corrected chi connectivity index (χ0v) is 16.5. The lowest BCUT2D eigenvalue weighted by Crippen LogP contribution is -2.37. The quantitative estimate of drug-likeness (QED) is 0.659. The second-order valence-electron chi connectivity index (χ2n) is 7.42. The van der Waals surface area contributed by atoms with E-state index < -0.39 is 6.61 Å². The van der Waals surface area contributed by atoms with Crippen molar-refractivity contribution in [1.82, 2.24) is 10.6 Å². The van der Waals surface area contributed by atoms with Crippen LogP contribution in [-0.4, -0.2) is 29.2 Å². The Hall–Kier alpha value is -2.50. The number of fused-ring (bicyclic) bond motifs is 1. The molecular weight excluding hydrogens is 368 g/mol. The number of hydrogen-bond donors (Lipinski definition) is 3. The highest BCUT2D eigenvalue weighted by atomic mass is 32.1. The summed E-state index contributed by atoms with van der Waals surface area (Å²) in [5.74, 6) is -0.376. The standard InChI is InChI=1S/C23H24N2O2S/c26-15-21(27)24-14-17-7-2-4-10-19(17)22(28)25-23(12-13-23)20-11-5-8-16-6-1-3-9-18(16)20/h1,3,5-11,26H,2,4,12-15H2,(H,24,27)(H,25,28). The van der Waals surface area contributed by atoms with E-state index in [4.69, 9.17) is 17.3 Å². The van der Waals surface area contributed by atoms with Gasteiger partial charge in [-0.3, -0.25) is 4.79 Å². The lowest BCUT2D eigenvalue weighted by atomic mass is 9.94. The molecule has 2 aliphatic rings. The number of aliphatic hydroxyl groups excluding tert-OH is 1. The van der Waals surface area contributed by atoms with Crippen LogP contribution >= 0.6 is 12.2 Å². The largest absolute Gasteiger partial charge is 0.387 e. The number of benzene rings is 2. The highest BCUT2D eigenvalue weighted by Crippen LogP contribution is 2.48.